The van der Waals surface area contributed by atoms with Gasteiger partial charge < -0.3 is 15.2 Å². The number of rotatable bonds is 5. The Balaban J connectivity index is 1.72. The topological polar surface area (TPSA) is 88.1 Å². The molecule has 3 heterocycles. The van der Waals surface area contributed by atoms with Crippen molar-refractivity contribution in [1.82, 2.24) is 19.5 Å². The molecule has 2 unspecified atom stereocenters. The molecule has 1 fully saturated rings. The number of aromatic nitrogens is 4. The summed E-state index contributed by atoms with van der Waals surface area (Å²) in [6.07, 6.45) is 7.52. The summed E-state index contributed by atoms with van der Waals surface area (Å²) in [4.78, 5) is 12.5. The van der Waals surface area contributed by atoms with E-state index < -0.39 is 0 Å². The molecule has 20 heavy (non-hydrogen) atoms. The number of methoxy groups -OCH3 is 1. The summed E-state index contributed by atoms with van der Waals surface area (Å²) in [6.45, 7) is 0.780. The minimum absolute atomic E-state index is 0.0122. The van der Waals surface area contributed by atoms with E-state index in [1.807, 2.05) is 4.57 Å². The molecular formula is C13H19N5O2. The fourth-order valence-corrected chi connectivity index (χ4v) is 2.64. The first kappa shape index (κ1) is 13.3. The molecular weight excluding hydrogens is 258 g/mol. The number of nitrogen functional groups attached to an aromatic ring is 1. The minimum atomic E-state index is -0.0122. The van der Waals surface area contributed by atoms with Gasteiger partial charge in [0, 0.05) is 13.7 Å². The lowest BCUT2D eigenvalue weighted by Gasteiger charge is -2.15. The molecule has 2 aromatic rings. The van der Waals surface area contributed by atoms with Gasteiger partial charge in [0.05, 0.1) is 12.4 Å². The van der Waals surface area contributed by atoms with E-state index in [1.54, 1.807) is 13.4 Å². The van der Waals surface area contributed by atoms with E-state index in [9.17, 15) is 0 Å². The Morgan fingerprint density at radius 1 is 1.40 bits per heavy atom. The van der Waals surface area contributed by atoms with Gasteiger partial charge in [0.25, 0.3) is 0 Å². The van der Waals surface area contributed by atoms with Gasteiger partial charge in [-0.05, 0) is 25.7 Å². The van der Waals surface area contributed by atoms with Crippen LogP contribution in [0.4, 0.5) is 5.82 Å². The lowest BCUT2D eigenvalue weighted by Crippen LogP contribution is -2.12. The van der Waals surface area contributed by atoms with Crippen LogP contribution in [0.25, 0.3) is 11.2 Å². The van der Waals surface area contributed by atoms with Gasteiger partial charge in [-0.1, -0.05) is 0 Å². The zero-order valence-electron chi connectivity index (χ0n) is 11.5. The Labute approximate surface area is 117 Å². The predicted molar refractivity (Wildman–Crippen MR) is 74.0 cm³/mol. The van der Waals surface area contributed by atoms with Crippen molar-refractivity contribution in [2.24, 2.45) is 0 Å². The number of nitrogens with two attached hydrogens (primary N) is 1. The van der Waals surface area contributed by atoms with Crippen molar-refractivity contribution in [3.05, 3.63) is 12.7 Å². The van der Waals surface area contributed by atoms with Gasteiger partial charge in [-0.15, -0.1) is 0 Å². The third-order valence-corrected chi connectivity index (χ3v) is 3.66. The summed E-state index contributed by atoms with van der Waals surface area (Å²) >= 11 is 0. The van der Waals surface area contributed by atoms with Crippen LogP contribution in [-0.2, 0) is 9.47 Å². The van der Waals surface area contributed by atoms with Crippen molar-refractivity contribution in [2.75, 3.05) is 19.5 Å². The Bertz CT molecular complexity index is 585. The molecule has 2 aromatic heterocycles. The number of imidazole rings is 1. The number of hydrogen-bond acceptors (Lipinski definition) is 6. The number of fused-ring (bicyclic) bond motifs is 1. The van der Waals surface area contributed by atoms with Crippen LogP contribution in [0.2, 0.25) is 0 Å². The SMILES string of the molecule is COCCCC1CCC(n2cnc3c(N)ncnc32)O1. The van der Waals surface area contributed by atoms with Crippen LogP contribution in [0.3, 0.4) is 0 Å². The molecule has 0 radical (unpaired) electrons. The lowest BCUT2D eigenvalue weighted by molar-refractivity contribution is -0.00265. The molecule has 1 aliphatic rings. The normalized spacial score (nSPS) is 22.6. The fourth-order valence-electron chi connectivity index (χ4n) is 2.64. The quantitative estimate of drug-likeness (QED) is 0.833. The summed E-state index contributed by atoms with van der Waals surface area (Å²) in [5, 5.41) is 0. The summed E-state index contributed by atoms with van der Waals surface area (Å²) in [5.74, 6) is 0.406. The average Bonchev–Trinajstić information content (AvgIpc) is 3.06. The molecule has 0 amide bonds. The molecule has 7 heteroatoms. The first-order chi connectivity index (χ1) is 9.79. The van der Waals surface area contributed by atoms with Crippen LogP contribution in [-0.4, -0.2) is 39.3 Å². The maximum Gasteiger partial charge on any atom is 0.167 e. The summed E-state index contributed by atoms with van der Waals surface area (Å²) < 4.78 is 13.1. The second kappa shape index (κ2) is 5.72. The van der Waals surface area contributed by atoms with Gasteiger partial charge in [-0.25, -0.2) is 15.0 Å². The second-order valence-electron chi connectivity index (χ2n) is 5.01. The summed E-state index contributed by atoms with van der Waals surface area (Å²) in [7, 11) is 1.72. The number of nitrogens with zero attached hydrogens (tertiary/aromatic N) is 4. The maximum atomic E-state index is 6.07. The highest BCUT2D eigenvalue weighted by Gasteiger charge is 2.27. The van der Waals surface area contributed by atoms with Gasteiger partial charge in [-0.2, -0.15) is 0 Å². The first-order valence-electron chi connectivity index (χ1n) is 6.87. The molecule has 1 aliphatic heterocycles. The van der Waals surface area contributed by atoms with Crippen LogP contribution in [0, 0.1) is 0 Å². The molecule has 108 valence electrons. The highest BCUT2D eigenvalue weighted by atomic mass is 16.5. The third kappa shape index (κ3) is 2.46. The molecule has 2 N–H and O–H groups in total. The molecule has 1 saturated heterocycles. The molecule has 0 aliphatic carbocycles. The van der Waals surface area contributed by atoms with E-state index in [0.717, 1.165) is 37.9 Å². The van der Waals surface area contributed by atoms with Crippen LogP contribution < -0.4 is 5.73 Å². The molecule has 7 nitrogen and oxygen atoms in total. The van der Waals surface area contributed by atoms with Crippen LogP contribution in [0.1, 0.15) is 31.9 Å². The van der Waals surface area contributed by atoms with Crippen LogP contribution >= 0.6 is 0 Å². The predicted octanol–water partition coefficient (Wildman–Crippen LogP) is 1.51. The van der Waals surface area contributed by atoms with Crippen molar-refractivity contribution in [3.8, 4) is 0 Å². The second-order valence-corrected chi connectivity index (χ2v) is 5.01. The largest absolute Gasteiger partial charge is 0.385 e. The van der Waals surface area contributed by atoms with E-state index >= 15 is 0 Å². The molecule has 3 rings (SSSR count). The Morgan fingerprint density at radius 2 is 2.30 bits per heavy atom. The Kier molecular flexibility index (Phi) is 3.79. The van der Waals surface area contributed by atoms with Gasteiger partial charge in [0.15, 0.2) is 11.5 Å². The molecule has 0 spiro atoms. The number of hydrogen-bond donors (Lipinski definition) is 1. The van der Waals surface area contributed by atoms with Crippen molar-refractivity contribution in [3.63, 3.8) is 0 Å². The Morgan fingerprint density at radius 3 is 3.15 bits per heavy atom. The van der Waals surface area contributed by atoms with E-state index in [1.165, 1.54) is 6.33 Å². The van der Waals surface area contributed by atoms with Crippen LogP contribution in [0.5, 0.6) is 0 Å². The highest BCUT2D eigenvalue weighted by Crippen LogP contribution is 2.32. The minimum Gasteiger partial charge on any atom is -0.385 e. The van der Waals surface area contributed by atoms with Gasteiger partial charge >= 0.3 is 0 Å². The van der Waals surface area contributed by atoms with Crippen molar-refractivity contribution in [2.45, 2.75) is 38.0 Å². The highest BCUT2D eigenvalue weighted by molar-refractivity contribution is 5.81. The smallest absolute Gasteiger partial charge is 0.167 e. The van der Waals surface area contributed by atoms with Crippen molar-refractivity contribution >= 4 is 17.0 Å². The molecule has 0 saturated carbocycles. The van der Waals surface area contributed by atoms with E-state index in [-0.39, 0.29) is 12.3 Å². The average molecular weight is 277 g/mol. The van der Waals surface area contributed by atoms with Gasteiger partial charge in [-0.3, -0.25) is 4.57 Å². The molecule has 0 aromatic carbocycles. The first-order valence-corrected chi connectivity index (χ1v) is 6.87. The standard InChI is InChI=1S/C13H19N5O2/c1-19-6-2-3-9-4-5-10(20-9)18-8-17-11-12(14)15-7-16-13(11)18/h7-10H,2-6H2,1H3,(H2,14,15,16). The van der Waals surface area contributed by atoms with E-state index in [4.69, 9.17) is 15.2 Å². The lowest BCUT2D eigenvalue weighted by atomic mass is 10.1. The van der Waals surface area contributed by atoms with Gasteiger partial charge in [0.2, 0.25) is 0 Å². The Hall–Kier alpha value is -1.73. The fraction of sp³-hybridized carbons (Fsp3) is 0.615. The molecule has 2 atom stereocenters. The van der Waals surface area contributed by atoms with E-state index in [0.29, 0.717) is 11.3 Å². The van der Waals surface area contributed by atoms with Crippen molar-refractivity contribution in [1.29, 1.82) is 0 Å². The zero-order valence-corrected chi connectivity index (χ0v) is 11.5. The summed E-state index contributed by atoms with van der Waals surface area (Å²) in [5.41, 5.74) is 7.17. The zero-order chi connectivity index (χ0) is 13.9. The monoisotopic (exact) mass is 277 g/mol. The maximum absolute atomic E-state index is 6.07. The van der Waals surface area contributed by atoms with Crippen LogP contribution in [0.15, 0.2) is 12.7 Å². The number of anilines is 1. The number of ether oxygens (including phenoxy) is 2. The van der Waals surface area contributed by atoms with Crippen molar-refractivity contribution < 1.29 is 9.47 Å². The summed E-state index contributed by atoms with van der Waals surface area (Å²) in [6, 6.07) is 0. The van der Waals surface area contributed by atoms with Gasteiger partial charge in [0.1, 0.15) is 18.1 Å². The molecule has 0 bridgehead atoms. The van der Waals surface area contributed by atoms with E-state index in [2.05, 4.69) is 15.0 Å². The third-order valence-electron chi connectivity index (χ3n) is 3.66.